The van der Waals surface area contributed by atoms with Gasteiger partial charge in [-0.05, 0) is 24.6 Å². The second-order valence-corrected chi connectivity index (χ2v) is 7.16. The van der Waals surface area contributed by atoms with Gasteiger partial charge in [0.05, 0.1) is 24.3 Å². The van der Waals surface area contributed by atoms with E-state index in [1.807, 2.05) is 41.1 Å². The molecule has 1 aromatic heterocycles. The Balaban J connectivity index is 1.47. The molecule has 1 amide bonds. The number of benzene rings is 2. The topological polar surface area (TPSA) is 56.1 Å². The third-order valence-corrected chi connectivity index (χ3v) is 4.92. The summed E-state index contributed by atoms with van der Waals surface area (Å²) < 4.78 is 7.78. The standard InChI is InChI=1S/C21H23N3O2S/c1-17-5-4-6-18(13-17)14-27-15-21(25)23-19-7-2-3-8-20(19)26-12-11-24-10-9-22-16-24/h2-10,13,16H,11-12,14-15H2,1H3,(H,23,25). The summed E-state index contributed by atoms with van der Waals surface area (Å²) in [6, 6.07) is 15.9. The van der Waals surface area contributed by atoms with E-state index in [4.69, 9.17) is 4.74 Å². The van der Waals surface area contributed by atoms with E-state index in [1.54, 1.807) is 24.3 Å². The van der Waals surface area contributed by atoms with Crippen molar-refractivity contribution >= 4 is 23.4 Å². The molecule has 0 aliphatic rings. The molecular weight excluding hydrogens is 358 g/mol. The number of hydrogen-bond acceptors (Lipinski definition) is 4. The number of nitrogens with zero attached hydrogens (tertiary/aromatic N) is 2. The first-order chi connectivity index (χ1) is 13.2. The summed E-state index contributed by atoms with van der Waals surface area (Å²) in [7, 11) is 0. The molecule has 1 N–H and O–H groups in total. The minimum Gasteiger partial charge on any atom is -0.490 e. The zero-order valence-electron chi connectivity index (χ0n) is 15.3. The highest BCUT2D eigenvalue weighted by Gasteiger charge is 2.08. The number of carbonyl (C=O) groups is 1. The number of aromatic nitrogens is 2. The van der Waals surface area contributed by atoms with Crippen molar-refractivity contribution < 1.29 is 9.53 Å². The van der Waals surface area contributed by atoms with Crippen LogP contribution in [0.15, 0.2) is 67.3 Å². The van der Waals surface area contributed by atoms with Gasteiger partial charge in [0.2, 0.25) is 5.91 Å². The van der Waals surface area contributed by atoms with E-state index < -0.39 is 0 Å². The van der Waals surface area contributed by atoms with Crippen LogP contribution in [-0.4, -0.2) is 27.8 Å². The van der Waals surface area contributed by atoms with E-state index in [1.165, 1.54) is 11.1 Å². The molecule has 1 heterocycles. The van der Waals surface area contributed by atoms with Gasteiger partial charge in [-0.3, -0.25) is 4.79 Å². The van der Waals surface area contributed by atoms with Gasteiger partial charge in [0.25, 0.3) is 0 Å². The van der Waals surface area contributed by atoms with Crippen molar-refractivity contribution in [2.24, 2.45) is 0 Å². The number of aryl methyl sites for hydroxylation is 1. The Morgan fingerprint density at radius 2 is 2.11 bits per heavy atom. The van der Waals surface area contributed by atoms with Crippen LogP contribution < -0.4 is 10.1 Å². The molecule has 140 valence electrons. The monoisotopic (exact) mass is 381 g/mol. The normalized spacial score (nSPS) is 10.6. The summed E-state index contributed by atoms with van der Waals surface area (Å²) in [5, 5.41) is 2.95. The third kappa shape index (κ3) is 6.18. The minimum atomic E-state index is -0.0293. The number of anilines is 1. The summed E-state index contributed by atoms with van der Waals surface area (Å²) >= 11 is 1.60. The Morgan fingerprint density at radius 1 is 1.22 bits per heavy atom. The van der Waals surface area contributed by atoms with Crippen molar-refractivity contribution in [1.29, 1.82) is 0 Å². The number of ether oxygens (including phenoxy) is 1. The Morgan fingerprint density at radius 3 is 2.93 bits per heavy atom. The molecule has 3 rings (SSSR count). The molecule has 0 aliphatic carbocycles. The first kappa shape index (κ1) is 19.0. The number of para-hydroxylation sites is 2. The molecule has 2 aromatic carbocycles. The summed E-state index contributed by atoms with van der Waals surface area (Å²) in [6.07, 6.45) is 5.38. The van der Waals surface area contributed by atoms with Gasteiger partial charge in [-0.15, -0.1) is 11.8 Å². The van der Waals surface area contributed by atoms with Crippen molar-refractivity contribution in [2.75, 3.05) is 17.7 Å². The van der Waals surface area contributed by atoms with Crippen LogP contribution in [0.2, 0.25) is 0 Å². The fourth-order valence-electron chi connectivity index (χ4n) is 2.63. The van der Waals surface area contributed by atoms with E-state index >= 15 is 0 Å². The smallest absolute Gasteiger partial charge is 0.234 e. The van der Waals surface area contributed by atoms with E-state index in [0.29, 0.717) is 30.3 Å². The van der Waals surface area contributed by atoms with Crippen molar-refractivity contribution in [3.63, 3.8) is 0 Å². The highest BCUT2D eigenvalue weighted by atomic mass is 32.2. The molecule has 0 aliphatic heterocycles. The summed E-state index contributed by atoms with van der Waals surface area (Å²) in [4.78, 5) is 16.3. The molecule has 5 nitrogen and oxygen atoms in total. The van der Waals surface area contributed by atoms with Crippen molar-refractivity contribution in [1.82, 2.24) is 9.55 Å². The number of nitrogens with one attached hydrogen (secondary N) is 1. The van der Waals surface area contributed by atoms with Gasteiger partial charge in [-0.25, -0.2) is 4.98 Å². The van der Waals surface area contributed by atoms with Crippen LogP contribution in [0.3, 0.4) is 0 Å². The average Bonchev–Trinajstić information content (AvgIpc) is 3.17. The van der Waals surface area contributed by atoms with Crippen LogP contribution >= 0.6 is 11.8 Å². The van der Waals surface area contributed by atoms with Crippen LogP contribution in [0, 0.1) is 6.92 Å². The number of amides is 1. The van der Waals surface area contributed by atoms with Gasteiger partial charge in [0.1, 0.15) is 12.4 Å². The van der Waals surface area contributed by atoms with E-state index in [2.05, 4.69) is 35.4 Å². The largest absolute Gasteiger partial charge is 0.490 e. The van der Waals surface area contributed by atoms with Gasteiger partial charge < -0.3 is 14.6 Å². The fraction of sp³-hybridized carbons (Fsp3) is 0.238. The lowest BCUT2D eigenvalue weighted by Gasteiger charge is -2.12. The highest BCUT2D eigenvalue weighted by Crippen LogP contribution is 2.24. The molecule has 0 atom stereocenters. The first-order valence-electron chi connectivity index (χ1n) is 8.81. The molecule has 0 spiro atoms. The lowest BCUT2D eigenvalue weighted by molar-refractivity contribution is -0.113. The van der Waals surface area contributed by atoms with Crippen LogP contribution in [0.1, 0.15) is 11.1 Å². The summed E-state index contributed by atoms with van der Waals surface area (Å²) in [5.41, 5.74) is 3.17. The van der Waals surface area contributed by atoms with Gasteiger partial charge in [-0.1, -0.05) is 42.0 Å². The third-order valence-electron chi connectivity index (χ3n) is 3.91. The molecule has 0 saturated heterocycles. The predicted octanol–water partition coefficient (Wildman–Crippen LogP) is 4.14. The number of rotatable bonds is 9. The predicted molar refractivity (Wildman–Crippen MR) is 110 cm³/mol. The quantitative estimate of drug-likeness (QED) is 0.605. The minimum absolute atomic E-state index is 0.0293. The average molecular weight is 382 g/mol. The zero-order valence-corrected chi connectivity index (χ0v) is 16.1. The van der Waals surface area contributed by atoms with Crippen molar-refractivity contribution in [3.8, 4) is 5.75 Å². The number of thioether (sulfide) groups is 1. The van der Waals surface area contributed by atoms with E-state index in [0.717, 1.165) is 5.75 Å². The fourth-order valence-corrected chi connectivity index (χ4v) is 3.40. The van der Waals surface area contributed by atoms with Crippen LogP contribution in [0.4, 0.5) is 5.69 Å². The number of carbonyl (C=O) groups excluding carboxylic acids is 1. The Hall–Kier alpha value is -2.73. The summed E-state index contributed by atoms with van der Waals surface area (Å²) in [6.45, 7) is 3.28. The molecule has 0 radical (unpaired) electrons. The molecule has 6 heteroatoms. The second kappa shape index (κ2) is 9.83. The second-order valence-electron chi connectivity index (χ2n) is 6.18. The Kier molecular flexibility index (Phi) is 6.93. The van der Waals surface area contributed by atoms with Crippen LogP contribution in [0.5, 0.6) is 5.75 Å². The SMILES string of the molecule is Cc1cccc(CSCC(=O)Nc2ccccc2OCCn2ccnc2)c1. The lowest BCUT2D eigenvalue weighted by atomic mass is 10.2. The molecular formula is C21H23N3O2S. The van der Waals surface area contributed by atoms with Gasteiger partial charge in [-0.2, -0.15) is 0 Å². The Bertz CT molecular complexity index is 865. The van der Waals surface area contributed by atoms with Crippen molar-refractivity contribution in [2.45, 2.75) is 19.2 Å². The Labute approximate surface area is 163 Å². The van der Waals surface area contributed by atoms with E-state index in [9.17, 15) is 4.79 Å². The molecule has 0 fully saturated rings. The first-order valence-corrected chi connectivity index (χ1v) is 9.97. The van der Waals surface area contributed by atoms with Gasteiger partial charge in [0.15, 0.2) is 0 Å². The lowest BCUT2D eigenvalue weighted by Crippen LogP contribution is -2.15. The van der Waals surface area contributed by atoms with Crippen LogP contribution in [0.25, 0.3) is 0 Å². The highest BCUT2D eigenvalue weighted by molar-refractivity contribution is 7.99. The van der Waals surface area contributed by atoms with Crippen LogP contribution in [-0.2, 0) is 17.1 Å². The molecule has 0 bridgehead atoms. The van der Waals surface area contributed by atoms with Gasteiger partial charge in [0, 0.05) is 18.1 Å². The van der Waals surface area contributed by atoms with Gasteiger partial charge >= 0.3 is 0 Å². The summed E-state index contributed by atoms with van der Waals surface area (Å²) in [5.74, 6) is 1.86. The molecule has 3 aromatic rings. The maximum absolute atomic E-state index is 12.3. The zero-order chi connectivity index (χ0) is 18.9. The molecule has 0 saturated carbocycles. The molecule has 27 heavy (non-hydrogen) atoms. The van der Waals surface area contributed by atoms with Crippen molar-refractivity contribution in [3.05, 3.63) is 78.4 Å². The number of imidazole rings is 1. The van der Waals surface area contributed by atoms with E-state index in [-0.39, 0.29) is 5.91 Å². The maximum Gasteiger partial charge on any atom is 0.234 e. The maximum atomic E-state index is 12.3. The number of hydrogen-bond donors (Lipinski definition) is 1. The molecule has 0 unspecified atom stereocenters.